The molecule has 5 N–H and O–H groups in total. The van der Waals surface area contributed by atoms with Crippen molar-refractivity contribution in [1.29, 1.82) is 0 Å². The number of azo groups is 2. The van der Waals surface area contributed by atoms with Gasteiger partial charge in [0.1, 0.15) is 27.4 Å². The van der Waals surface area contributed by atoms with Crippen LogP contribution in [0.1, 0.15) is 0 Å². The molecule has 0 aliphatic heterocycles. The third-order valence-corrected chi connectivity index (χ3v) is 9.59. The van der Waals surface area contributed by atoms with Crippen molar-refractivity contribution in [3.63, 3.8) is 0 Å². The summed E-state index contributed by atoms with van der Waals surface area (Å²) in [6.45, 7) is 6.76. The Balaban J connectivity index is -0.000000902. The van der Waals surface area contributed by atoms with E-state index in [9.17, 15) is 40.0 Å². The maximum atomic E-state index is 12.1. The maximum Gasteiger partial charge on any atom is 1.00 e. The average molecular weight is 1010 g/mol. The zero-order valence-electron chi connectivity index (χ0n) is 31.0. The molecule has 0 atom stereocenters. The standard InChI is InChI=1S/C27H24N5O9S3.Cu.4Na.2H2O4S/c1-3-42(35,36)18-7-5-17(6-8-18)29-32-26-20-10-13-23(27(34)21(20)11-12-22(26)28-16-44(39,40)41)30-31-24-15-19(9-14-25(24)33)43(37,38)4-2;;;;;;2*1-5(2,3)4/h5-12,14-15,28,33-34H,1-4,16H2,(H,39,40,41);;;;;;2*(H2,1,2,3,4)/q-3;;4*+1;;/p-3. The largest absolute Gasteiger partial charge is 1.00 e. The first kappa shape index (κ1) is 65.4. The molecule has 4 aromatic carbocycles. The monoisotopic (exact) mass is 1010 g/mol. The molecule has 1 radical (unpaired) electrons. The summed E-state index contributed by atoms with van der Waals surface area (Å²) < 4.78 is 148. The molecule has 0 saturated heterocycles. The fraction of sp³-hybridized carbons (Fsp3) is 0.111. The predicted octanol–water partition coefficient (Wildman–Crippen LogP) is -8.97. The second-order valence-corrected chi connectivity index (χ2v) is 17.2. The molecule has 0 spiro atoms. The third-order valence-electron chi connectivity index (χ3n) is 6.05. The Hall–Kier alpha value is -0.191. The molecule has 22 nitrogen and oxygen atoms in total. The number of nitrogens with zero attached hydrogens (tertiary/aromatic N) is 4. The van der Waals surface area contributed by atoms with E-state index in [0.29, 0.717) is 0 Å². The Morgan fingerprint density at radius 2 is 1.12 bits per heavy atom. The van der Waals surface area contributed by atoms with Gasteiger partial charge in [-0.05, 0) is 48.5 Å². The number of anilines is 1. The van der Waals surface area contributed by atoms with Crippen molar-refractivity contribution in [2.45, 2.75) is 9.79 Å². The number of hydrogen-bond donors (Lipinski definition) is 5. The predicted molar refractivity (Wildman–Crippen MR) is 185 cm³/mol. The zero-order valence-corrected chi connectivity index (χ0v) is 44.1. The Kier molecular flexibility index (Phi) is 30.9. The van der Waals surface area contributed by atoms with Gasteiger partial charge in [-0.15, -0.1) is 5.11 Å². The van der Waals surface area contributed by atoms with Crippen LogP contribution in [0.2, 0.25) is 0 Å². The van der Waals surface area contributed by atoms with E-state index < -0.39 is 68.0 Å². The summed E-state index contributed by atoms with van der Waals surface area (Å²) in [4.78, 5) is -0.107. The van der Waals surface area contributed by atoms with E-state index in [1.165, 1.54) is 48.5 Å². The number of rotatable bonds is 11. The summed E-state index contributed by atoms with van der Waals surface area (Å²) in [5.41, 5.74) is -0.106. The van der Waals surface area contributed by atoms with Gasteiger partial charge in [0.15, 0.2) is 19.7 Å². The fourth-order valence-corrected chi connectivity index (χ4v) is 5.66. The van der Waals surface area contributed by atoms with Gasteiger partial charge in [-0.2, -0.15) is 27.5 Å². The van der Waals surface area contributed by atoms with E-state index in [1.807, 2.05) is 0 Å². The van der Waals surface area contributed by atoms with Crippen LogP contribution in [0.25, 0.3) is 10.8 Å². The topological polar surface area (TPSA) is 382 Å². The van der Waals surface area contributed by atoms with Gasteiger partial charge in [-0.25, -0.2) is 42.1 Å². The molecular weight excluding hydrogens is 982 g/mol. The number of phenolic OH excluding ortho intramolecular Hbond substituents is 2. The molecule has 0 aliphatic carbocycles. The van der Waals surface area contributed by atoms with E-state index in [2.05, 4.69) is 45.7 Å². The molecule has 0 aliphatic rings. The molecule has 59 heavy (non-hydrogen) atoms. The first-order chi connectivity index (χ1) is 24.6. The quantitative estimate of drug-likeness (QED) is 0.0306. The first-order valence-corrected chi connectivity index (χ1v) is 21.3. The Bertz CT molecular complexity index is 2600. The SMILES string of the molecule is O=S(=O)([O-])O.O=S(=O)([O-])O.[CH2-]CS(=O)(=O)c1ccc(N=Nc2c(NCS(=O)(=O)[O-])ccc3c(O)c(N=Nc4cc(S(=O)(=O)C[CH2-])ccc4O)[c-]cc23)cc1.[Cu].[Na+].[Na+].[Na+].[Na+]. The van der Waals surface area contributed by atoms with Gasteiger partial charge in [0.2, 0.25) is 20.8 Å². The first-order valence-electron chi connectivity index (χ1n) is 13.7. The van der Waals surface area contributed by atoms with Crippen molar-refractivity contribution in [3.05, 3.63) is 80.6 Å². The van der Waals surface area contributed by atoms with Crippen LogP contribution < -0.4 is 124 Å². The molecule has 0 bridgehead atoms. The smallest absolute Gasteiger partial charge is 0.747 e. The Labute approximate surface area is 438 Å². The molecule has 0 aromatic heterocycles. The van der Waals surface area contributed by atoms with E-state index >= 15 is 0 Å². The van der Waals surface area contributed by atoms with Crippen molar-refractivity contribution >= 4 is 89.8 Å². The van der Waals surface area contributed by atoms with Crippen LogP contribution in [-0.4, -0.2) is 92.4 Å². The van der Waals surface area contributed by atoms with Gasteiger partial charge in [0.05, 0.1) is 26.9 Å². The van der Waals surface area contributed by atoms with Gasteiger partial charge >= 0.3 is 118 Å². The van der Waals surface area contributed by atoms with Gasteiger partial charge < -0.3 is 43.0 Å². The molecule has 32 heteroatoms. The summed E-state index contributed by atoms with van der Waals surface area (Å²) in [5.74, 6) is -2.56. The van der Waals surface area contributed by atoms with E-state index in [1.54, 1.807) is 0 Å². The minimum atomic E-state index is -4.92. The number of sulfone groups is 2. The van der Waals surface area contributed by atoms with Crippen LogP contribution >= 0.6 is 0 Å². The minimum Gasteiger partial charge on any atom is -0.747 e. The summed E-state index contributed by atoms with van der Waals surface area (Å²) in [6.07, 6.45) is 0. The van der Waals surface area contributed by atoms with Gasteiger partial charge in [-0.1, -0.05) is 28.3 Å². The molecule has 4 rings (SSSR count). The van der Waals surface area contributed by atoms with Gasteiger partial charge in [0.25, 0.3) is 0 Å². The summed E-state index contributed by atoms with van der Waals surface area (Å²) >= 11 is 0. The molecule has 0 amide bonds. The van der Waals surface area contributed by atoms with Crippen LogP contribution in [0.4, 0.5) is 28.4 Å². The average Bonchev–Trinajstić information content (AvgIpc) is 3.05. The van der Waals surface area contributed by atoms with Crippen LogP contribution in [0.3, 0.4) is 0 Å². The summed E-state index contributed by atoms with van der Waals surface area (Å²) in [6, 6.07) is 15.6. The Morgan fingerprint density at radius 1 is 0.644 bits per heavy atom. The van der Waals surface area contributed by atoms with Crippen LogP contribution in [-0.2, 0) is 67.7 Å². The van der Waals surface area contributed by atoms with Crippen molar-refractivity contribution in [3.8, 4) is 11.5 Å². The minimum absolute atomic E-state index is 0. The van der Waals surface area contributed by atoms with E-state index in [4.69, 9.17) is 35.0 Å². The van der Waals surface area contributed by atoms with Crippen LogP contribution in [0.15, 0.2) is 90.9 Å². The number of benzene rings is 4. The summed E-state index contributed by atoms with van der Waals surface area (Å²) in [5, 5.41) is 39.9. The van der Waals surface area contributed by atoms with Crippen molar-refractivity contribution in [2.75, 3.05) is 22.7 Å². The Morgan fingerprint density at radius 3 is 1.59 bits per heavy atom. The molecule has 0 fully saturated rings. The number of nitrogens with one attached hydrogen (secondary N) is 1. The normalized spacial score (nSPS) is 11.5. The second-order valence-electron chi connectivity index (χ2n) is 9.83. The molecule has 0 unspecified atom stereocenters. The molecular formula is C27H25CuN5Na4O17S5-2. The number of phenols is 2. The third kappa shape index (κ3) is 23.9. The van der Waals surface area contributed by atoms with Gasteiger partial charge in [0, 0.05) is 28.5 Å². The van der Waals surface area contributed by atoms with Crippen LogP contribution in [0, 0.1) is 19.9 Å². The number of hydrogen-bond acceptors (Lipinski definition) is 20. The molecule has 0 saturated carbocycles. The number of aromatic hydroxyl groups is 2. The summed E-state index contributed by atoms with van der Waals surface area (Å²) in [7, 11) is -21.8. The number of fused-ring (bicyclic) bond motifs is 1. The van der Waals surface area contributed by atoms with Crippen LogP contribution in [0.5, 0.6) is 11.5 Å². The van der Waals surface area contributed by atoms with E-state index in [0.717, 1.165) is 12.1 Å². The molecule has 4 aromatic rings. The van der Waals surface area contributed by atoms with Crippen molar-refractivity contribution in [1.82, 2.24) is 0 Å². The van der Waals surface area contributed by atoms with E-state index in [-0.39, 0.29) is 196 Å². The molecule has 0 heterocycles. The fourth-order valence-electron chi connectivity index (χ4n) is 3.73. The second kappa shape index (κ2) is 27.9. The zero-order chi connectivity index (χ0) is 41.3. The maximum absolute atomic E-state index is 12.1. The molecule has 307 valence electrons. The van der Waals surface area contributed by atoms with Crippen molar-refractivity contribution in [2.24, 2.45) is 20.5 Å². The van der Waals surface area contributed by atoms with Crippen molar-refractivity contribution < 1.29 is 210 Å². The van der Waals surface area contributed by atoms with Gasteiger partial charge in [-0.3, -0.25) is 9.11 Å².